The zero-order valence-electron chi connectivity index (χ0n) is 10.9. The van der Waals surface area contributed by atoms with Gasteiger partial charge < -0.3 is 15.0 Å². The van der Waals surface area contributed by atoms with Gasteiger partial charge in [0.05, 0.1) is 19.5 Å². The summed E-state index contributed by atoms with van der Waals surface area (Å²) in [5, 5.41) is 3.20. The van der Waals surface area contributed by atoms with Gasteiger partial charge in [-0.2, -0.15) is 0 Å². The largest absolute Gasteiger partial charge is 0.494 e. The first-order valence-electron chi connectivity index (χ1n) is 6.12. The highest BCUT2D eigenvalue weighted by Gasteiger charge is 1.99. The number of nitrogens with one attached hydrogen (secondary N) is 1. The van der Waals surface area contributed by atoms with Gasteiger partial charge in [0.25, 0.3) is 0 Å². The van der Waals surface area contributed by atoms with Crippen molar-refractivity contribution in [2.75, 3.05) is 38.6 Å². The zero-order chi connectivity index (χ0) is 12.5. The summed E-state index contributed by atoms with van der Waals surface area (Å²) in [5.41, 5.74) is 0. The number of ether oxygens (including phenoxy) is 1. The van der Waals surface area contributed by atoms with Gasteiger partial charge in [0.1, 0.15) is 0 Å². The molecule has 0 unspecified atom stereocenters. The molecule has 0 saturated carbocycles. The predicted octanol–water partition coefficient (Wildman–Crippen LogP) is 1.63. The molecule has 0 amide bonds. The normalized spacial score (nSPS) is 10.6. The quantitative estimate of drug-likeness (QED) is 0.698. The van der Waals surface area contributed by atoms with E-state index in [9.17, 15) is 0 Å². The Morgan fingerprint density at radius 2 is 1.88 bits per heavy atom. The maximum Gasteiger partial charge on any atom is 0.222 e. The van der Waals surface area contributed by atoms with Crippen molar-refractivity contribution < 1.29 is 4.74 Å². The second-order valence-electron chi connectivity index (χ2n) is 3.75. The van der Waals surface area contributed by atoms with Crippen molar-refractivity contribution in [1.82, 2.24) is 14.9 Å². The Morgan fingerprint density at radius 3 is 2.41 bits per heavy atom. The molecule has 0 bridgehead atoms. The summed E-state index contributed by atoms with van der Waals surface area (Å²) in [6, 6.07) is 0. The monoisotopic (exact) mass is 238 g/mol. The predicted molar refractivity (Wildman–Crippen MR) is 69.5 cm³/mol. The van der Waals surface area contributed by atoms with E-state index in [2.05, 4.69) is 34.0 Å². The second-order valence-corrected chi connectivity index (χ2v) is 3.75. The third kappa shape index (κ3) is 4.99. The number of rotatable bonds is 8. The number of anilines is 1. The van der Waals surface area contributed by atoms with E-state index in [1.54, 1.807) is 19.5 Å². The first kappa shape index (κ1) is 13.7. The third-order valence-corrected chi connectivity index (χ3v) is 2.69. The fraction of sp³-hybridized carbons (Fsp3) is 0.667. The molecule has 5 heteroatoms. The number of methoxy groups -OCH3 is 1. The molecule has 0 aliphatic carbocycles. The summed E-state index contributed by atoms with van der Waals surface area (Å²) >= 11 is 0. The summed E-state index contributed by atoms with van der Waals surface area (Å²) in [6.07, 6.45) is 4.43. The van der Waals surface area contributed by atoms with E-state index < -0.39 is 0 Å². The van der Waals surface area contributed by atoms with Gasteiger partial charge in [-0.3, -0.25) is 0 Å². The smallest absolute Gasteiger partial charge is 0.222 e. The molecule has 1 heterocycles. The molecule has 0 aromatic carbocycles. The van der Waals surface area contributed by atoms with E-state index in [1.165, 1.54) is 0 Å². The minimum absolute atomic E-state index is 0.658. The molecule has 0 fully saturated rings. The van der Waals surface area contributed by atoms with Crippen molar-refractivity contribution in [3.63, 3.8) is 0 Å². The van der Waals surface area contributed by atoms with E-state index in [-0.39, 0.29) is 0 Å². The van der Waals surface area contributed by atoms with Gasteiger partial charge in [0.2, 0.25) is 5.95 Å². The third-order valence-electron chi connectivity index (χ3n) is 2.69. The Hall–Kier alpha value is -1.36. The van der Waals surface area contributed by atoms with Crippen LogP contribution in [0.5, 0.6) is 5.75 Å². The van der Waals surface area contributed by atoms with Crippen molar-refractivity contribution in [1.29, 1.82) is 0 Å². The molecule has 17 heavy (non-hydrogen) atoms. The highest BCUT2D eigenvalue weighted by Crippen LogP contribution is 2.06. The number of aromatic nitrogens is 2. The highest BCUT2D eigenvalue weighted by molar-refractivity contribution is 5.26. The highest BCUT2D eigenvalue weighted by atomic mass is 16.5. The van der Waals surface area contributed by atoms with Crippen LogP contribution in [0.15, 0.2) is 12.4 Å². The van der Waals surface area contributed by atoms with Crippen LogP contribution in [0.1, 0.15) is 20.3 Å². The molecule has 1 aromatic heterocycles. The summed E-state index contributed by atoms with van der Waals surface area (Å²) in [6.45, 7) is 8.58. The lowest BCUT2D eigenvalue weighted by molar-refractivity contribution is 0.303. The Balaban J connectivity index is 2.21. The van der Waals surface area contributed by atoms with E-state index in [1.807, 2.05) is 0 Å². The van der Waals surface area contributed by atoms with Crippen LogP contribution in [0.25, 0.3) is 0 Å². The average molecular weight is 238 g/mol. The molecule has 96 valence electrons. The number of hydrogen-bond donors (Lipinski definition) is 1. The number of nitrogens with zero attached hydrogens (tertiary/aromatic N) is 3. The first-order chi connectivity index (χ1) is 8.30. The molecule has 5 nitrogen and oxygen atoms in total. The molecule has 0 saturated heterocycles. The van der Waals surface area contributed by atoms with Crippen molar-refractivity contribution in [2.24, 2.45) is 0 Å². The molecular formula is C12H22N4O. The Morgan fingerprint density at radius 1 is 1.24 bits per heavy atom. The molecule has 0 aliphatic heterocycles. The van der Waals surface area contributed by atoms with Gasteiger partial charge in [-0.25, -0.2) is 9.97 Å². The maximum atomic E-state index is 5.00. The lowest BCUT2D eigenvalue weighted by atomic mass is 10.3. The van der Waals surface area contributed by atoms with Crippen LogP contribution in [0, 0.1) is 0 Å². The zero-order valence-corrected chi connectivity index (χ0v) is 10.9. The molecule has 1 N–H and O–H groups in total. The van der Waals surface area contributed by atoms with Crippen molar-refractivity contribution in [3.05, 3.63) is 12.4 Å². The average Bonchev–Trinajstić information content (AvgIpc) is 2.40. The lowest BCUT2D eigenvalue weighted by Gasteiger charge is -2.17. The van der Waals surface area contributed by atoms with E-state index in [0.29, 0.717) is 11.7 Å². The standard InChI is InChI=1S/C12H22N4O/c1-4-16(5-2)8-6-7-13-12-14-9-11(17-3)10-15-12/h9-10H,4-8H2,1-3H3,(H,13,14,15). The summed E-state index contributed by atoms with van der Waals surface area (Å²) in [7, 11) is 1.61. The first-order valence-corrected chi connectivity index (χ1v) is 6.12. The SMILES string of the molecule is CCN(CC)CCCNc1ncc(OC)cn1. The Bertz CT molecular complexity index is 298. The van der Waals surface area contributed by atoms with Gasteiger partial charge >= 0.3 is 0 Å². The summed E-state index contributed by atoms with van der Waals surface area (Å²) < 4.78 is 5.00. The van der Waals surface area contributed by atoms with Crippen LogP contribution in [-0.2, 0) is 0 Å². The van der Waals surface area contributed by atoms with Crippen LogP contribution in [0.4, 0.5) is 5.95 Å². The fourth-order valence-electron chi connectivity index (χ4n) is 1.56. The molecule has 1 aromatic rings. The van der Waals surface area contributed by atoms with Gasteiger partial charge in [-0.05, 0) is 26.1 Å². The van der Waals surface area contributed by atoms with Crippen molar-refractivity contribution in [3.8, 4) is 5.75 Å². The second kappa shape index (κ2) is 7.84. The van der Waals surface area contributed by atoms with E-state index >= 15 is 0 Å². The molecule has 0 aliphatic rings. The van der Waals surface area contributed by atoms with Gasteiger partial charge in [-0.15, -0.1) is 0 Å². The van der Waals surface area contributed by atoms with Crippen LogP contribution < -0.4 is 10.1 Å². The summed E-state index contributed by atoms with van der Waals surface area (Å²) in [5.74, 6) is 1.34. The van der Waals surface area contributed by atoms with E-state index in [4.69, 9.17) is 4.74 Å². The topological polar surface area (TPSA) is 50.3 Å². The van der Waals surface area contributed by atoms with Crippen LogP contribution in [0.3, 0.4) is 0 Å². The summed E-state index contributed by atoms with van der Waals surface area (Å²) in [4.78, 5) is 10.7. The van der Waals surface area contributed by atoms with Crippen LogP contribution in [-0.4, -0.2) is 48.2 Å². The number of hydrogen-bond acceptors (Lipinski definition) is 5. The molecule has 0 spiro atoms. The maximum absolute atomic E-state index is 5.00. The molecule has 1 rings (SSSR count). The van der Waals surface area contributed by atoms with Crippen LogP contribution in [0.2, 0.25) is 0 Å². The molecule has 0 atom stereocenters. The Labute approximate surface area is 103 Å². The lowest BCUT2D eigenvalue weighted by Crippen LogP contribution is -2.25. The fourth-order valence-corrected chi connectivity index (χ4v) is 1.56. The van der Waals surface area contributed by atoms with Crippen LogP contribution >= 0.6 is 0 Å². The minimum Gasteiger partial charge on any atom is -0.494 e. The molecular weight excluding hydrogens is 216 g/mol. The van der Waals surface area contributed by atoms with Gasteiger partial charge in [-0.1, -0.05) is 13.8 Å². The van der Waals surface area contributed by atoms with Gasteiger partial charge in [0, 0.05) is 6.54 Å². The van der Waals surface area contributed by atoms with E-state index in [0.717, 1.165) is 32.6 Å². The Kier molecular flexibility index (Phi) is 6.32. The van der Waals surface area contributed by atoms with Crippen molar-refractivity contribution in [2.45, 2.75) is 20.3 Å². The molecule has 0 radical (unpaired) electrons. The van der Waals surface area contributed by atoms with Gasteiger partial charge in [0.15, 0.2) is 5.75 Å². The van der Waals surface area contributed by atoms with Crippen molar-refractivity contribution >= 4 is 5.95 Å². The minimum atomic E-state index is 0.658.